The van der Waals surface area contributed by atoms with Crippen LogP contribution < -0.4 is 16.0 Å². The van der Waals surface area contributed by atoms with Gasteiger partial charge in [-0.2, -0.15) is 0 Å². The molecule has 0 radical (unpaired) electrons. The van der Waals surface area contributed by atoms with Crippen LogP contribution in [0.3, 0.4) is 0 Å². The predicted molar refractivity (Wildman–Crippen MR) is 99.4 cm³/mol. The molecule has 6 nitrogen and oxygen atoms in total. The Bertz CT molecular complexity index is 544. The first-order chi connectivity index (χ1) is 11.6. The van der Waals surface area contributed by atoms with Gasteiger partial charge in [-0.25, -0.2) is 9.98 Å². The molecule has 1 aromatic rings. The van der Waals surface area contributed by atoms with Crippen LogP contribution in [0.5, 0.6) is 0 Å². The summed E-state index contributed by atoms with van der Waals surface area (Å²) in [5, 5.41) is 10.5. The molecule has 1 amide bonds. The molecule has 1 fully saturated rings. The molecule has 24 heavy (non-hydrogen) atoms. The van der Waals surface area contributed by atoms with Crippen LogP contribution in [0.25, 0.3) is 0 Å². The standard InChI is InChI=1S/C17H29N5OS/c1-4-18-17(20-11-16-21-12(2)13(3)24-16)19-10-9-15(23)22-14-7-5-6-8-14/h14H,4-11H2,1-3H3,(H,22,23)(H2,18,19,20). The lowest BCUT2D eigenvalue weighted by molar-refractivity contribution is -0.121. The molecule has 0 bridgehead atoms. The molecule has 1 aromatic heterocycles. The quantitative estimate of drug-likeness (QED) is 0.520. The maximum Gasteiger partial charge on any atom is 0.221 e. The third kappa shape index (κ3) is 6.11. The average molecular weight is 352 g/mol. The predicted octanol–water partition coefficient (Wildman–Crippen LogP) is 2.26. The van der Waals surface area contributed by atoms with E-state index in [1.807, 2.05) is 13.8 Å². The number of hydrogen-bond acceptors (Lipinski definition) is 4. The summed E-state index contributed by atoms with van der Waals surface area (Å²) >= 11 is 1.68. The summed E-state index contributed by atoms with van der Waals surface area (Å²) in [6.07, 6.45) is 5.18. The number of carbonyl (C=O) groups excluding carboxylic acids is 1. The van der Waals surface area contributed by atoms with Crippen molar-refractivity contribution in [2.24, 2.45) is 4.99 Å². The number of nitrogens with one attached hydrogen (secondary N) is 3. The molecule has 3 N–H and O–H groups in total. The highest BCUT2D eigenvalue weighted by molar-refractivity contribution is 7.11. The minimum atomic E-state index is 0.122. The summed E-state index contributed by atoms with van der Waals surface area (Å²) < 4.78 is 0. The first kappa shape index (κ1) is 18.7. The minimum Gasteiger partial charge on any atom is -0.357 e. The van der Waals surface area contributed by atoms with Gasteiger partial charge in [-0.05, 0) is 33.6 Å². The molecular weight excluding hydrogens is 322 g/mol. The van der Waals surface area contributed by atoms with Crippen LogP contribution in [0.1, 0.15) is 54.6 Å². The molecule has 2 rings (SSSR count). The van der Waals surface area contributed by atoms with Crippen molar-refractivity contribution in [1.82, 2.24) is 20.9 Å². The smallest absolute Gasteiger partial charge is 0.221 e. The fourth-order valence-corrected chi connectivity index (χ4v) is 3.62. The van der Waals surface area contributed by atoms with Crippen molar-refractivity contribution >= 4 is 23.2 Å². The monoisotopic (exact) mass is 351 g/mol. The summed E-state index contributed by atoms with van der Waals surface area (Å²) in [6.45, 7) is 8.05. The Morgan fingerprint density at radius 3 is 2.67 bits per heavy atom. The van der Waals surface area contributed by atoms with Crippen molar-refractivity contribution < 1.29 is 4.79 Å². The second-order valence-corrected chi connectivity index (χ2v) is 7.46. The van der Waals surface area contributed by atoms with Crippen molar-refractivity contribution in [3.05, 3.63) is 15.6 Å². The number of aryl methyl sites for hydroxylation is 2. The minimum absolute atomic E-state index is 0.122. The normalized spacial score (nSPS) is 15.5. The molecule has 0 atom stereocenters. The van der Waals surface area contributed by atoms with Crippen LogP contribution in [0.2, 0.25) is 0 Å². The molecule has 0 spiro atoms. The number of aromatic nitrogens is 1. The third-order valence-electron chi connectivity index (χ3n) is 4.15. The van der Waals surface area contributed by atoms with Crippen molar-refractivity contribution in [2.45, 2.75) is 65.5 Å². The third-order valence-corrected chi connectivity index (χ3v) is 5.21. The highest BCUT2D eigenvalue weighted by Gasteiger charge is 2.16. The molecule has 0 aliphatic heterocycles. The van der Waals surface area contributed by atoms with E-state index in [1.165, 1.54) is 17.7 Å². The number of aliphatic imine (C=N–C) groups is 1. The number of carbonyl (C=O) groups is 1. The van der Waals surface area contributed by atoms with Crippen LogP contribution in [0.4, 0.5) is 0 Å². The Balaban J connectivity index is 1.75. The van der Waals surface area contributed by atoms with Crippen molar-refractivity contribution in [3.63, 3.8) is 0 Å². The van der Waals surface area contributed by atoms with E-state index in [9.17, 15) is 4.79 Å². The van der Waals surface area contributed by atoms with Gasteiger partial charge in [-0.1, -0.05) is 12.8 Å². The lowest BCUT2D eigenvalue weighted by Gasteiger charge is -2.13. The van der Waals surface area contributed by atoms with Gasteiger partial charge in [0.2, 0.25) is 5.91 Å². The molecule has 1 aliphatic carbocycles. The van der Waals surface area contributed by atoms with Crippen LogP contribution in [-0.2, 0) is 11.3 Å². The summed E-state index contributed by atoms with van der Waals surface area (Å²) in [5.74, 6) is 0.855. The molecule has 1 saturated carbocycles. The van der Waals surface area contributed by atoms with Crippen LogP contribution in [0, 0.1) is 13.8 Å². The van der Waals surface area contributed by atoms with Gasteiger partial charge in [0.15, 0.2) is 5.96 Å². The Hall–Kier alpha value is -1.63. The lowest BCUT2D eigenvalue weighted by atomic mass is 10.2. The summed E-state index contributed by atoms with van der Waals surface area (Å²) in [7, 11) is 0. The molecule has 0 unspecified atom stereocenters. The van der Waals surface area contributed by atoms with Crippen LogP contribution >= 0.6 is 11.3 Å². The van der Waals surface area contributed by atoms with Crippen LogP contribution in [0.15, 0.2) is 4.99 Å². The fourth-order valence-electron chi connectivity index (χ4n) is 2.76. The Morgan fingerprint density at radius 1 is 1.29 bits per heavy atom. The van der Waals surface area contributed by atoms with Gasteiger partial charge >= 0.3 is 0 Å². The maximum atomic E-state index is 11.9. The Labute approximate surface area is 148 Å². The molecular formula is C17H29N5OS. The van der Waals surface area contributed by atoms with Gasteiger partial charge in [-0.15, -0.1) is 11.3 Å². The Kier molecular flexibility index (Phi) is 7.49. The van der Waals surface area contributed by atoms with E-state index in [-0.39, 0.29) is 5.91 Å². The van der Waals surface area contributed by atoms with E-state index in [0.717, 1.165) is 36.0 Å². The Morgan fingerprint density at radius 2 is 2.04 bits per heavy atom. The number of rotatable bonds is 7. The van der Waals surface area contributed by atoms with Gasteiger partial charge in [0.05, 0.1) is 12.2 Å². The van der Waals surface area contributed by atoms with Crippen molar-refractivity contribution in [2.75, 3.05) is 13.1 Å². The molecule has 1 heterocycles. The number of thiazole rings is 1. The van der Waals surface area contributed by atoms with E-state index in [0.29, 0.717) is 25.6 Å². The highest BCUT2D eigenvalue weighted by Crippen LogP contribution is 2.18. The SMILES string of the molecule is CCNC(=NCc1nc(C)c(C)s1)NCCC(=O)NC1CCCC1. The molecule has 1 aliphatic rings. The zero-order valence-electron chi connectivity index (χ0n) is 14.9. The van der Waals surface area contributed by atoms with E-state index >= 15 is 0 Å². The van der Waals surface area contributed by atoms with E-state index in [1.54, 1.807) is 11.3 Å². The summed E-state index contributed by atoms with van der Waals surface area (Å²) in [6, 6.07) is 0.385. The van der Waals surface area contributed by atoms with Gasteiger partial charge in [-0.3, -0.25) is 4.79 Å². The first-order valence-electron chi connectivity index (χ1n) is 8.83. The fraction of sp³-hybridized carbons (Fsp3) is 0.706. The molecule has 0 aromatic carbocycles. The highest BCUT2D eigenvalue weighted by atomic mass is 32.1. The number of hydrogen-bond donors (Lipinski definition) is 3. The van der Waals surface area contributed by atoms with E-state index in [2.05, 4.69) is 32.9 Å². The summed E-state index contributed by atoms with van der Waals surface area (Å²) in [5.41, 5.74) is 1.08. The van der Waals surface area contributed by atoms with Crippen molar-refractivity contribution in [1.29, 1.82) is 0 Å². The second kappa shape index (κ2) is 9.61. The van der Waals surface area contributed by atoms with Crippen LogP contribution in [-0.4, -0.2) is 36.0 Å². The number of amides is 1. The number of nitrogens with zero attached hydrogens (tertiary/aromatic N) is 2. The van der Waals surface area contributed by atoms with E-state index in [4.69, 9.17) is 0 Å². The molecule has 7 heteroatoms. The van der Waals surface area contributed by atoms with E-state index < -0.39 is 0 Å². The largest absolute Gasteiger partial charge is 0.357 e. The van der Waals surface area contributed by atoms with Crippen molar-refractivity contribution in [3.8, 4) is 0 Å². The topological polar surface area (TPSA) is 78.4 Å². The molecule has 0 saturated heterocycles. The molecule has 134 valence electrons. The zero-order chi connectivity index (χ0) is 17.4. The van der Waals surface area contributed by atoms with Gasteiger partial charge in [0.25, 0.3) is 0 Å². The lowest BCUT2D eigenvalue weighted by Crippen LogP contribution is -2.40. The maximum absolute atomic E-state index is 11.9. The van der Waals surface area contributed by atoms with Gasteiger partial charge in [0, 0.05) is 30.4 Å². The number of guanidine groups is 1. The summed E-state index contributed by atoms with van der Waals surface area (Å²) in [4.78, 5) is 22.2. The van der Waals surface area contributed by atoms with Gasteiger partial charge < -0.3 is 16.0 Å². The second-order valence-electron chi connectivity index (χ2n) is 6.17. The first-order valence-corrected chi connectivity index (χ1v) is 9.64. The average Bonchev–Trinajstić information content (AvgIpc) is 3.15. The van der Waals surface area contributed by atoms with Gasteiger partial charge in [0.1, 0.15) is 5.01 Å². The zero-order valence-corrected chi connectivity index (χ0v) is 15.8.